The molecule has 0 radical (unpaired) electrons. The normalized spacial score (nSPS) is 11.2. The first-order valence-corrected chi connectivity index (χ1v) is 11.7. The van der Waals surface area contributed by atoms with Crippen molar-refractivity contribution in [2.24, 2.45) is 0 Å². The molecule has 1 heterocycles. The van der Waals surface area contributed by atoms with Crippen LogP contribution in [0.4, 0.5) is 16.5 Å². The van der Waals surface area contributed by atoms with E-state index in [1.807, 2.05) is 0 Å². The second-order valence-corrected chi connectivity index (χ2v) is 9.79. The van der Waals surface area contributed by atoms with Gasteiger partial charge >= 0.3 is 0 Å². The zero-order valence-electron chi connectivity index (χ0n) is 16.3. The van der Waals surface area contributed by atoms with E-state index in [0.717, 1.165) is 33.5 Å². The van der Waals surface area contributed by atoms with E-state index < -0.39 is 27.4 Å². The number of anilines is 2. The number of sulfonamides is 1. The lowest BCUT2D eigenvalue weighted by molar-refractivity contribution is -0.384. The van der Waals surface area contributed by atoms with Crippen molar-refractivity contribution in [2.75, 3.05) is 22.4 Å². The number of hydrogen-bond donors (Lipinski definition) is 1. The Bertz CT molecular complexity index is 1240. The van der Waals surface area contributed by atoms with E-state index in [-0.39, 0.29) is 16.5 Å². The maximum absolute atomic E-state index is 12.5. The molecule has 0 fully saturated rings. The standard InChI is InChI=1S/C18H16ClN5O5S2/c1-11-3-8-14(24(26)27)9-15(11)23(31(2,28)29)10-16(25)20-18-22-21-17(30-18)12-4-6-13(19)7-5-12/h3-9H,10H2,1-2H3,(H,20,22,25). The molecule has 0 saturated heterocycles. The van der Waals surface area contributed by atoms with Gasteiger partial charge in [-0.05, 0) is 24.6 Å². The number of non-ortho nitro benzene ring substituents is 1. The number of benzene rings is 2. The molecule has 162 valence electrons. The van der Waals surface area contributed by atoms with Crippen LogP contribution in [-0.4, -0.2) is 42.2 Å². The minimum Gasteiger partial charge on any atom is -0.299 e. The van der Waals surface area contributed by atoms with Crippen LogP contribution in [-0.2, 0) is 14.8 Å². The number of amides is 1. The number of carbonyl (C=O) groups is 1. The average molecular weight is 482 g/mol. The first-order chi connectivity index (χ1) is 14.5. The van der Waals surface area contributed by atoms with Gasteiger partial charge in [0.2, 0.25) is 21.1 Å². The predicted octanol–water partition coefficient (Wildman–Crippen LogP) is 3.48. The molecule has 0 spiro atoms. The average Bonchev–Trinajstić information content (AvgIpc) is 3.14. The van der Waals surface area contributed by atoms with Crippen molar-refractivity contribution < 1.29 is 18.1 Å². The summed E-state index contributed by atoms with van der Waals surface area (Å²) in [6.07, 6.45) is 0.919. The highest BCUT2D eigenvalue weighted by molar-refractivity contribution is 7.92. The molecule has 13 heteroatoms. The Morgan fingerprint density at radius 2 is 1.90 bits per heavy atom. The number of nitrogens with one attached hydrogen (secondary N) is 1. The lowest BCUT2D eigenvalue weighted by Crippen LogP contribution is -2.37. The van der Waals surface area contributed by atoms with E-state index in [4.69, 9.17) is 11.6 Å². The van der Waals surface area contributed by atoms with Crippen LogP contribution in [0.5, 0.6) is 0 Å². The lowest BCUT2D eigenvalue weighted by Gasteiger charge is -2.23. The van der Waals surface area contributed by atoms with Gasteiger partial charge in [-0.3, -0.25) is 24.5 Å². The third-order valence-corrected chi connectivity index (χ3v) is 6.39. The summed E-state index contributed by atoms with van der Waals surface area (Å²) in [5.74, 6) is -0.671. The number of nitro benzene ring substituents is 1. The summed E-state index contributed by atoms with van der Waals surface area (Å²) in [5.41, 5.74) is 0.981. The Labute approximate surface area is 186 Å². The first-order valence-electron chi connectivity index (χ1n) is 8.66. The van der Waals surface area contributed by atoms with Gasteiger partial charge in [0.15, 0.2) is 0 Å². The van der Waals surface area contributed by atoms with Crippen molar-refractivity contribution in [3.8, 4) is 10.6 Å². The summed E-state index contributed by atoms with van der Waals surface area (Å²) < 4.78 is 25.4. The van der Waals surface area contributed by atoms with Crippen LogP contribution < -0.4 is 9.62 Å². The summed E-state index contributed by atoms with van der Waals surface area (Å²) >= 11 is 6.97. The zero-order chi connectivity index (χ0) is 22.8. The second-order valence-electron chi connectivity index (χ2n) is 6.46. The molecule has 10 nitrogen and oxygen atoms in total. The van der Waals surface area contributed by atoms with Gasteiger partial charge in [-0.25, -0.2) is 8.42 Å². The van der Waals surface area contributed by atoms with E-state index >= 15 is 0 Å². The number of aryl methyl sites for hydroxylation is 1. The van der Waals surface area contributed by atoms with E-state index in [1.165, 1.54) is 12.1 Å². The zero-order valence-corrected chi connectivity index (χ0v) is 18.7. The molecule has 1 amide bonds. The molecular weight excluding hydrogens is 466 g/mol. The molecule has 0 unspecified atom stereocenters. The fourth-order valence-corrected chi connectivity index (χ4v) is 4.43. The molecule has 0 aliphatic heterocycles. The number of carbonyl (C=O) groups excluding carboxylic acids is 1. The van der Waals surface area contributed by atoms with Gasteiger partial charge in [-0.15, -0.1) is 10.2 Å². The first kappa shape index (κ1) is 22.6. The summed E-state index contributed by atoms with van der Waals surface area (Å²) in [6, 6.07) is 10.7. The Kier molecular flexibility index (Phi) is 6.53. The van der Waals surface area contributed by atoms with Gasteiger partial charge in [0.1, 0.15) is 11.6 Å². The number of aromatic nitrogens is 2. The van der Waals surface area contributed by atoms with Gasteiger partial charge in [-0.1, -0.05) is 41.1 Å². The van der Waals surface area contributed by atoms with Crippen LogP contribution in [0.3, 0.4) is 0 Å². The number of hydrogen-bond acceptors (Lipinski definition) is 8. The van der Waals surface area contributed by atoms with Crippen molar-refractivity contribution in [1.29, 1.82) is 0 Å². The fourth-order valence-electron chi connectivity index (χ4n) is 2.63. The maximum atomic E-state index is 12.5. The Morgan fingerprint density at radius 1 is 1.23 bits per heavy atom. The Balaban J connectivity index is 1.81. The molecule has 3 rings (SSSR count). The van der Waals surface area contributed by atoms with Gasteiger partial charge in [-0.2, -0.15) is 0 Å². The summed E-state index contributed by atoms with van der Waals surface area (Å²) in [7, 11) is -3.91. The Hall–Kier alpha value is -3.09. The largest absolute Gasteiger partial charge is 0.299 e. The molecule has 31 heavy (non-hydrogen) atoms. The molecule has 1 aromatic heterocycles. The molecule has 0 atom stereocenters. The number of nitrogens with zero attached hydrogens (tertiary/aromatic N) is 4. The van der Waals surface area contributed by atoms with Crippen LogP contribution in [0, 0.1) is 17.0 Å². The minimum atomic E-state index is -3.91. The lowest BCUT2D eigenvalue weighted by atomic mass is 10.2. The van der Waals surface area contributed by atoms with Crippen molar-refractivity contribution in [2.45, 2.75) is 6.92 Å². The van der Waals surface area contributed by atoms with E-state index in [9.17, 15) is 23.3 Å². The highest BCUT2D eigenvalue weighted by Crippen LogP contribution is 2.29. The van der Waals surface area contributed by atoms with Crippen LogP contribution in [0.15, 0.2) is 42.5 Å². The van der Waals surface area contributed by atoms with E-state index in [2.05, 4.69) is 15.5 Å². The second kappa shape index (κ2) is 8.96. The van der Waals surface area contributed by atoms with Crippen LogP contribution >= 0.6 is 22.9 Å². The molecular formula is C18H16ClN5O5S2. The van der Waals surface area contributed by atoms with Crippen LogP contribution in [0.2, 0.25) is 5.02 Å². The van der Waals surface area contributed by atoms with Crippen molar-refractivity contribution in [3.63, 3.8) is 0 Å². The summed E-state index contributed by atoms with van der Waals surface area (Å²) in [4.78, 5) is 23.0. The molecule has 0 bridgehead atoms. The van der Waals surface area contributed by atoms with Crippen molar-refractivity contribution >= 4 is 55.4 Å². The van der Waals surface area contributed by atoms with E-state index in [0.29, 0.717) is 15.6 Å². The van der Waals surface area contributed by atoms with Crippen LogP contribution in [0.25, 0.3) is 10.6 Å². The molecule has 0 aliphatic rings. The molecule has 1 N–H and O–H groups in total. The molecule has 0 saturated carbocycles. The van der Waals surface area contributed by atoms with Gasteiger partial charge in [0.05, 0.1) is 16.9 Å². The summed E-state index contributed by atoms with van der Waals surface area (Å²) in [6.45, 7) is 1.01. The fraction of sp³-hybridized carbons (Fsp3) is 0.167. The third-order valence-electron chi connectivity index (χ3n) is 4.12. The van der Waals surface area contributed by atoms with Crippen molar-refractivity contribution in [1.82, 2.24) is 10.2 Å². The quantitative estimate of drug-likeness (QED) is 0.403. The topological polar surface area (TPSA) is 135 Å². The Morgan fingerprint density at radius 3 is 2.52 bits per heavy atom. The van der Waals surface area contributed by atoms with Crippen LogP contribution in [0.1, 0.15) is 5.56 Å². The predicted molar refractivity (Wildman–Crippen MR) is 119 cm³/mol. The minimum absolute atomic E-state index is 0.0472. The molecule has 3 aromatic rings. The van der Waals surface area contributed by atoms with Gasteiger partial charge in [0.25, 0.3) is 5.69 Å². The maximum Gasteiger partial charge on any atom is 0.271 e. The monoisotopic (exact) mass is 481 g/mol. The van der Waals surface area contributed by atoms with Gasteiger partial charge in [0, 0.05) is 22.7 Å². The molecule has 0 aliphatic carbocycles. The number of nitro groups is 1. The smallest absolute Gasteiger partial charge is 0.271 e. The van der Waals surface area contributed by atoms with Gasteiger partial charge < -0.3 is 0 Å². The third kappa shape index (κ3) is 5.54. The van der Waals surface area contributed by atoms with E-state index in [1.54, 1.807) is 31.2 Å². The molecule has 2 aromatic carbocycles. The SMILES string of the molecule is Cc1ccc([N+](=O)[O-])cc1N(CC(=O)Nc1nnc(-c2ccc(Cl)cc2)s1)S(C)(=O)=O. The summed E-state index contributed by atoms with van der Waals surface area (Å²) in [5, 5.41) is 22.8. The number of halogens is 1. The highest BCUT2D eigenvalue weighted by Gasteiger charge is 2.25. The highest BCUT2D eigenvalue weighted by atomic mass is 35.5. The number of rotatable bonds is 7. The van der Waals surface area contributed by atoms with Crippen molar-refractivity contribution in [3.05, 3.63) is 63.2 Å².